The van der Waals surface area contributed by atoms with Crippen molar-refractivity contribution in [2.75, 3.05) is 13.1 Å². The number of rotatable bonds is 2. The molecule has 2 N–H and O–H groups in total. The normalized spacial score (nSPS) is 23.8. The largest absolute Gasteiger partial charge is 0.481 e. The molecule has 88 valence electrons. The van der Waals surface area contributed by atoms with Gasteiger partial charge in [-0.15, -0.1) is 12.4 Å². The van der Waals surface area contributed by atoms with Gasteiger partial charge < -0.3 is 10.4 Å². The molecule has 5 heteroatoms. The van der Waals surface area contributed by atoms with Crippen molar-refractivity contribution >= 4 is 34.3 Å². The maximum absolute atomic E-state index is 11.0. The number of hydrogen-bond acceptors (Lipinski definition) is 2. The number of nitrogens with one attached hydrogen (secondary N) is 1. The van der Waals surface area contributed by atoms with Gasteiger partial charge in [0.2, 0.25) is 0 Å². The molecule has 16 heavy (non-hydrogen) atoms. The number of hydrogen-bond donors (Lipinski definition) is 2. The van der Waals surface area contributed by atoms with E-state index in [1.54, 1.807) is 0 Å². The van der Waals surface area contributed by atoms with Crippen LogP contribution in [0, 0.1) is 5.92 Å². The van der Waals surface area contributed by atoms with Crippen LogP contribution in [0.5, 0.6) is 0 Å². The van der Waals surface area contributed by atoms with Crippen molar-refractivity contribution in [3.05, 3.63) is 34.3 Å². The van der Waals surface area contributed by atoms with Gasteiger partial charge >= 0.3 is 5.97 Å². The third-order valence-corrected chi connectivity index (χ3v) is 3.36. The Morgan fingerprint density at radius 1 is 1.31 bits per heavy atom. The van der Waals surface area contributed by atoms with Crippen LogP contribution in [0.15, 0.2) is 28.7 Å². The van der Waals surface area contributed by atoms with Crippen LogP contribution in [-0.2, 0) is 4.79 Å². The highest BCUT2D eigenvalue weighted by Gasteiger charge is 2.33. The monoisotopic (exact) mass is 305 g/mol. The summed E-state index contributed by atoms with van der Waals surface area (Å²) in [5.41, 5.74) is 1.09. The number of carboxylic acid groups (broad SMARTS) is 1. The first-order valence-corrected chi connectivity index (χ1v) is 5.67. The van der Waals surface area contributed by atoms with E-state index in [4.69, 9.17) is 5.11 Å². The summed E-state index contributed by atoms with van der Waals surface area (Å²) in [5, 5.41) is 12.2. The van der Waals surface area contributed by atoms with Crippen LogP contribution in [0.4, 0.5) is 0 Å². The van der Waals surface area contributed by atoms with Gasteiger partial charge in [-0.3, -0.25) is 4.79 Å². The van der Waals surface area contributed by atoms with Crippen molar-refractivity contribution in [3.8, 4) is 0 Å². The summed E-state index contributed by atoms with van der Waals surface area (Å²) < 4.78 is 1.02. The summed E-state index contributed by atoms with van der Waals surface area (Å²) in [7, 11) is 0. The lowest BCUT2D eigenvalue weighted by molar-refractivity contribution is -0.141. The first kappa shape index (κ1) is 13.5. The second kappa shape index (κ2) is 5.66. The minimum atomic E-state index is -0.715. The highest BCUT2D eigenvalue weighted by molar-refractivity contribution is 9.10. The van der Waals surface area contributed by atoms with E-state index in [0.29, 0.717) is 6.54 Å². The molecule has 1 saturated heterocycles. The fourth-order valence-electron chi connectivity index (χ4n) is 2.00. The molecule has 0 bridgehead atoms. The Hall–Kier alpha value is -0.580. The van der Waals surface area contributed by atoms with Crippen molar-refractivity contribution in [3.63, 3.8) is 0 Å². The minimum Gasteiger partial charge on any atom is -0.481 e. The summed E-state index contributed by atoms with van der Waals surface area (Å²) in [4.78, 5) is 11.0. The molecule has 2 unspecified atom stereocenters. The van der Waals surface area contributed by atoms with Gasteiger partial charge in [0.1, 0.15) is 0 Å². The molecular formula is C11H13BrClNO2. The van der Waals surface area contributed by atoms with Crippen molar-refractivity contribution < 1.29 is 9.90 Å². The van der Waals surface area contributed by atoms with Crippen LogP contribution in [-0.4, -0.2) is 24.2 Å². The van der Waals surface area contributed by atoms with E-state index in [-0.39, 0.29) is 24.2 Å². The smallest absolute Gasteiger partial charge is 0.308 e. The highest BCUT2D eigenvalue weighted by atomic mass is 79.9. The number of aliphatic carboxylic acids is 1. The van der Waals surface area contributed by atoms with Crippen LogP contribution in [0.1, 0.15) is 11.5 Å². The van der Waals surface area contributed by atoms with Crippen LogP contribution in [0.25, 0.3) is 0 Å². The maximum atomic E-state index is 11.0. The van der Waals surface area contributed by atoms with Gasteiger partial charge in [-0.2, -0.15) is 0 Å². The van der Waals surface area contributed by atoms with Gasteiger partial charge in [0.25, 0.3) is 0 Å². The molecule has 1 aromatic rings. The molecule has 1 aliphatic rings. The molecule has 3 nitrogen and oxygen atoms in total. The second-order valence-electron chi connectivity index (χ2n) is 3.76. The molecule has 1 fully saturated rings. The zero-order valence-electron chi connectivity index (χ0n) is 8.52. The summed E-state index contributed by atoms with van der Waals surface area (Å²) >= 11 is 3.37. The third kappa shape index (κ3) is 2.75. The van der Waals surface area contributed by atoms with Crippen LogP contribution < -0.4 is 5.32 Å². The Labute approximate surface area is 109 Å². The molecule has 0 aromatic heterocycles. The van der Waals surface area contributed by atoms with E-state index in [1.165, 1.54) is 0 Å². The summed E-state index contributed by atoms with van der Waals surface area (Å²) in [6.45, 7) is 1.31. The molecular weight excluding hydrogens is 293 g/mol. The maximum Gasteiger partial charge on any atom is 0.308 e. The average molecular weight is 307 g/mol. The predicted molar refractivity (Wildman–Crippen MR) is 68.1 cm³/mol. The summed E-state index contributed by atoms with van der Waals surface area (Å²) in [5.74, 6) is -0.922. The van der Waals surface area contributed by atoms with Crippen molar-refractivity contribution in [1.29, 1.82) is 0 Å². The molecule has 1 heterocycles. The molecule has 0 spiro atoms. The molecule has 0 saturated carbocycles. The standard InChI is InChI=1S/C11H12BrNO2.ClH/c12-8-3-1-7(2-4-8)9-5-13-6-10(9)11(14)15;/h1-4,9-10,13H,5-6H2,(H,14,15);1H. The lowest BCUT2D eigenvalue weighted by Crippen LogP contribution is -2.20. The number of halogens is 2. The second-order valence-corrected chi connectivity index (χ2v) is 4.68. The van der Waals surface area contributed by atoms with Gasteiger partial charge in [0.05, 0.1) is 5.92 Å². The molecule has 1 aliphatic heterocycles. The van der Waals surface area contributed by atoms with Crippen molar-refractivity contribution in [2.24, 2.45) is 5.92 Å². The number of benzene rings is 1. The topological polar surface area (TPSA) is 49.3 Å². The van der Waals surface area contributed by atoms with Gasteiger partial charge in [-0.25, -0.2) is 0 Å². The Kier molecular flexibility index (Phi) is 4.77. The van der Waals surface area contributed by atoms with Gasteiger partial charge in [0.15, 0.2) is 0 Å². The molecule has 2 rings (SSSR count). The first-order valence-electron chi connectivity index (χ1n) is 4.87. The van der Waals surface area contributed by atoms with Crippen LogP contribution >= 0.6 is 28.3 Å². The van der Waals surface area contributed by atoms with Crippen molar-refractivity contribution in [2.45, 2.75) is 5.92 Å². The van der Waals surface area contributed by atoms with E-state index in [2.05, 4.69) is 21.2 Å². The SMILES string of the molecule is Cl.O=C(O)C1CNCC1c1ccc(Br)cc1. The van der Waals surface area contributed by atoms with E-state index in [0.717, 1.165) is 16.6 Å². The quantitative estimate of drug-likeness (QED) is 0.881. The third-order valence-electron chi connectivity index (χ3n) is 2.83. The zero-order chi connectivity index (χ0) is 10.8. The van der Waals surface area contributed by atoms with Crippen LogP contribution in [0.3, 0.4) is 0 Å². The fraction of sp³-hybridized carbons (Fsp3) is 0.364. The Morgan fingerprint density at radius 3 is 2.50 bits per heavy atom. The minimum absolute atomic E-state index is 0. The van der Waals surface area contributed by atoms with Gasteiger partial charge in [0, 0.05) is 23.5 Å². The highest BCUT2D eigenvalue weighted by Crippen LogP contribution is 2.29. The summed E-state index contributed by atoms with van der Waals surface area (Å²) in [6, 6.07) is 7.87. The number of carboxylic acids is 1. The first-order chi connectivity index (χ1) is 7.18. The lowest BCUT2D eigenvalue weighted by atomic mass is 9.89. The van der Waals surface area contributed by atoms with E-state index < -0.39 is 5.97 Å². The lowest BCUT2D eigenvalue weighted by Gasteiger charge is -2.14. The fourth-order valence-corrected chi connectivity index (χ4v) is 2.26. The van der Waals surface area contributed by atoms with Crippen LogP contribution in [0.2, 0.25) is 0 Å². The van der Waals surface area contributed by atoms with E-state index >= 15 is 0 Å². The van der Waals surface area contributed by atoms with E-state index in [1.807, 2.05) is 24.3 Å². The van der Waals surface area contributed by atoms with Crippen molar-refractivity contribution in [1.82, 2.24) is 5.32 Å². The molecule has 0 aliphatic carbocycles. The molecule has 0 amide bonds. The molecule has 1 aromatic carbocycles. The molecule has 2 atom stereocenters. The number of carbonyl (C=O) groups is 1. The Morgan fingerprint density at radius 2 is 1.94 bits per heavy atom. The zero-order valence-corrected chi connectivity index (χ0v) is 10.9. The Bertz CT molecular complexity index is 369. The van der Waals surface area contributed by atoms with Gasteiger partial charge in [-0.1, -0.05) is 28.1 Å². The van der Waals surface area contributed by atoms with E-state index in [9.17, 15) is 4.79 Å². The average Bonchev–Trinajstić information content (AvgIpc) is 2.67. The van der Waals surface area contributed by atoms with Gasteiger partial charge in [-0.05, 0) is 17.7 Å². The Balaban J connectivity index is 0.00000128. The molecule has 0 radical (unpaired) electrons. The predicted octanol–water partition coefficient (Wildman–Crippen LogP) is 2.26. The summed E-state index contributed by atoms with van der Waals surface area (Å²) in [6.07, 6.45) is 0.